The topological polar surface area (TPSA) is 56.6 Å². The minimum absolute atomic E-state index is 0.202. The molecule has 4 heteroatoms. The van der Waals surface area contributed by atoms with Gasteiger partial charge in [0.2, 0.25) is 0 Å². The van der Waals surface area contributed by atoms with Gasteiger partial charge >= 0.3 is 0 Å². The van der Waals surface area contributed by atoms with Crippen LogP contribution in [0, 0.1) is 18.3 Å². The van der Waals surface area contributed by atoms with Crippen LogP contribution in [0.25, 0.3) is 0 Å². The van der Waals surface area contributed by atoms with Crippen molar-refractivity contribution in [3.8, 4) is 6.07 Å². The zero-order valence-electron chi connectivity index (χ0n) is 10.5. The fraction of sp³-hybridized carbons (Fsp3) is 0.200. The lowest BCUT2D eigenvalue weighted by atomic mass is 10.0. The number of H-pyrrole nitrogens is 1. The van der Waals surface area contributed by atoms with Crippen LogP contribution in [0.4, 0.5) is 0 Å². The van der Waals surface area contributed by atoms with Crippen molar-refractivity contribution in [1.82, 2.24) is 4.98 Å². The summed E-state index contributed by atoms with van der Waals surface area (Å²) in [5.74, 6) is 0. The van der Waals surface area contributed by atoms with Crippen molar-refractivity contribution in [3.05, 3.63) is 68.1 Å². The number of benzene rings is 1. The first-order chi connectivity index (χ1) is 9.10. The number of aromatic amines is 1. The van der Waals surface area contributed by atoms with Gasteiger partial charge in [0, 0.05) is 10.7 Å². The molecule has 0 saturated carbocycles. The van der Waals surface area contributed by atoms with Crippen molar-refractivity contribution in [1.29, 1.82) is 5.26 Å². The zero-order chi connectivity index (χ0) is 13.8. The molecule has 0 bridgehead atoms. The predicted molar refractivity (Wildman–Crippen MR) is 75.4 cm³/mol. The average molecular weight is 273 g/mol. The fourth-order valence-electron chi connectivity index (χ4n) is 2.05. The van der Waals surface area contributed by atoms with Gasteiger partial charge in [-0.05, 0) is 49.1 Å². The van der Waals surface area contributed by atoms with Crippen LogP contribution in [0.1, 0.15) is 22.4 Å². The summed E-state index contributed by atoms with van der Waals surface area (Å²) in [4.78, 5) is 14.3. The maximum atomic E-state index is 11.7. The van der Waals surface area contributed by atoms with Crippen LogP contribution < -0.4 is 5.56 Å². The number of aryl methyl sites for hydroxylation is 3. The number of aromatic nitrogens is 1. The van der Waals surface area contributed by atoms with Gasteiger partial charge in [-0.2, -0.15) is 5.26 Å². The third-order valence-corrected chi connectivity index (χ3v) is 3.17. The third-order valence-electron chi connectivity index (χ3n) is 2.93. The summed E-state index contributed by atoms with van der Waals surface area (Å²) in [7, 11) is 0. The molecule has 0 aliphatic carbocycles. The number of nitrogens with zero attached hydrogens (tertiary/aromatic N) is 1. The normalized spacial score (nSPS) is 10.2. The van der Waals surface area contributed by atoms with Crippen LogP contribution in [-0.4, -0.2) is 4.98 Å². The van der Waals surface area contributed by atoms with Gasteiger partial charge in [-0.3, -0.25) is 4.79 Å². The summed E-state index contributed by atoms with van der Waals surface area (Å²) in [6.45, 7) is 1.81. The SMILES string of the molecule is Cc1cc(CCc2cccc(Cl)c2)c(C#N)c(=O)[nH]1. The zero-order valence-corrected chi connectivity index (χ0v) is 11.3. The first kappa shape index (κ1) is 13.4. The van der Waals surface area contributed by atoms with E-state index in [1.54, 1.807) is 0 Å². The molecular weight excluding hydrogens is 260 g/mol. The van der Waals surface area contributed by atoms with Gasteiger partial charge < -0.3 is 4.98 Å². The Hall–Kier alpha value is -2.05. The van der Waals surface area contributed by atoms with Gasteiger partial charge in [0.1, 0.15) is 11.6 Å². The number of halogens is 1. The molecule has 0 atom stereocenters. The van der Waals surface area contributed by atoms with E-state index in [1.807, 2.05) is 43.3 Å². The highest BCUT2D eigenvalue weighted by atomic mass is 35.5. The van der Waals surface area contributed by atoms with Gasteiger partial charge in [-0.1, -0.05) is 23.7 Å². The molecule has 0 saturated heterocycles. The predicted octanol–water partition coefficient (Wildman–Crippen LogP) is 2.99. The molecule has 3 nitrogen and oxygen atoms in total. The van der Waals surface area contributed by atoms with Crippen LogP contribution in [0.5, 0.6) is 0 Å². The van der Waals surface area contributed by atoms with Gasteiger partial charge in [0.05, 0.1) is 0 Å². The Balaban J connectivity index is 2.25. The first-order valence-corrected chi connectivity index (χ1v) is 6.35. The second-order valence-corrected chi connectivity index (χ2v) is 4.86. The maximum Gasteiger partial charge on any atom is 0.266 e. The van der Waals surface area contributed by atoms with E-state index >= 15 is 0 Å². The summed E-state index contributed by atoms with van der Waals surface area (Å²) in [5, 5.41) is 9.73. The number of pyridine rings is 1. The van der Waals surface area contributed by atoms with E-state index in [4.69, 9.17) is 16.9 Å². The largest absolute Gasteiger partial charge is 0.325 e. The Bertz CT molecular complexity index is 698. The minimum Gasteiger partial charge on any atom is -0.325 e. The minimum atomic E-state index is -0.316. The Morgan fingerprint density at radius 3 is 2.79 bits per heavy atom. The lowest BCUT2D eigenvalue weighted by molar-refractivity contribution is 0.936. The van der Waals surface area contributed by atoms with E-state index in [0.29, 0.717) is 11.4 Å². The monoisotopic (exact) mass is 272 g/mol. The summed E-state index contributed by atoms with van der Waals surface area (Å²) >= 11 is 5.93. The fourth-order valence-corrected chi connectivity index (χ4v) is 2.26. The second kappa shape index (κ2) is 5.73. The van der Waals surface area contributed by atoms with E-state index in [-0.39, 0.29) is 11.1 Å². The number of nitrogens with one attached hydrogen (secondary N) is 1. The smallest absolute Gasteiger partial charge is 0.266 e. The van der Waals surface area contributed by atoms with Gasteiger partial charge in [-0.15, -0.1) is 0 Å². The van der Waals surface area contributed by atoms with Crippen molar-refractivity contribution in [2.24, 2.45) is 0 Å². The summed E-state index contributed by atoms with van der Waals surface area (Å²) in [6.07, 6.45) is 1.39. The number of rotatable bonds is 3. The molecule has 0 unspecified atom stereocenters. The Labute approximate surface area is 116 Å². The summed E-state index contributed by atoms with van der Waals surface area (Å²) in [5.41, 5.74) is 2.53. The van der Waals surface area contributed by atoms with Crippen LogP contribution >= 0.6 is 11.6 Å². The quantitative estimate of drug-likeness (QED) is 0.934. The number of hydrogen-bond acceptors (Lipinski definition) is 2. The van der Waals surface area contributed by atoms with Crippen LogP contribution in [-0.2, 0) is 12.8 Å². The van der Waals surface area contributed by atoms with Gasteiger partial charge in [-0.25, -0.2) is 0 Å². The van der Waals surface area contributed by atoms with E-state index in [2.05, 4.69) is 4.98 Å². The summed E-state index contributed by atoms with van der Waals surface area (Å²) in [6, 6.07) is 11.4. The molecule has 0 amide bonds. The van der Waals surface area contributed by atoms with Gasteiger partial charge in [0.15, 0.2) is 0 Å². The second-order valence-electron chi connectivity index (χ2n) is 4.42. The molecule has 0 aliphatic heterocycles. The molecule has 1 heterocycles. The van der Waals surface area contributed by atoms with E-state index in [0.717, 1.165) is 23.2 Å². The molecule has 1 aromatic heterocycles. The van der Waals surface area contributed by atoms with Crippen molar-refractivity contribution in [2.75, 3.05) is 0 Å². The Morgan fingerprint density at radius 2 is 2.11 bits per heavy atom. The van der Waals surface area contributed by atoms with Crippen molar-refractivity contribution in [3.63, 3.8) is 0 Å². The molecule has 1 aromatic carbocycles. The van der Waals surface area contributed by atoms with Crippen molar-refractivity contribution >= 4 is 11.6 Å². The summed E-state index contributed by atoms with van der Waals surface area (Å²) < 4.78 is 0. The number of hydrogen-bond donors (Lipinski definition) is 1. The Kier molecular flexibility index (Phi) is 4.03. The molecule has 0 radical (unpaired) electrons. The highest BCUT2D eigenvalue weighted by molar-refractivity contribution is 6.30. The molecule has 2 rings (SSSR count). The van der Waals surface area contributed by atoms with E-state index in [9.17, 15) is 4.79 Å². The van der Waals surface area contributed by atoms with Crippen LogP contribution in [0.3, 0.4) is 0 Å². The lowest BCUT2D eigenvalue weighted by Crippen LogP contribution is -2.14. The number of nitriles is 1. The van der Waals surface area contributed by atoms with E-state index in [1.165, 1.54) is 0 Å². The average Bonchev–Trinajstić information content (AvgIpc) is 2.36. The van der Waals surface area contributed by atoms with E-state index < -0.39 is 0 Å². The van der Waals surface area contributed by atoms with Crippen LogP contribution in [0.15, 0.2) is 35.1 Å². The molecule has 0 spiro atoms. The standard InChI is InChI=1S/C15H13ClN2O/c1-10-7-12(14(9-17)15(19)18-10)6-5-11-3-2-4-13(16)8-11/h2-4,7-8H,5-6H2,1H3,(H,18,19). The molecule has 0 fully saturated rings. The van der Waals surface area contributed by atoms with Crippen molar-refractivity contribution in [2.45, 2.75) is 19.8 Å². The molecule has 19 heavy (non-hydrogen) atoms. The molecule has 2 aromatic rings. The van der Waals surface area contributed by atoms with Crippen molar-refractivity contribution < 1.29 is 0 Å². The van der Waals surface area contributed by atoms with Gasteiger partial charge in [0.25, 0.3) is 5.56 Å². The highest BCUT2D eigenvalue weighted by Gasteiger charge is 2.08. The lowest BCUT2D eigenvalue weighted by Gasteiger charge is -2.05. The molecule has 96 valence electrons. The Morgan fingerprint density at radius 1 is 1.32 bits per heavy atom. The molecular formula is C15H13ClN2O. The maximum absolute atomic E-state index is 11.7. The van der Waals surface area contributed by atoms with Crippen LogP contribution in [0.2, 0.25) is 5.02 Å². The third kappa shape index (κ3) is 3.24. The molecule has 0 aliphatic rings. The highest BCUT2D eigenvalue weighted by Crippen LogP contribution is 2.14. The molecule has 1 N–H and O–H groups in total. The first-order valence-electron chi connectivity index (χ1n) is 5.97.